The van der Waals surface area contributed by atoms with Crippen molar-refractivity contribution < 1.29 is 0 Å². The van der Waals surface area contributed by atoms with Crippen LogP contribution in [-0.2, 0) is 0 Å². The molecule has 0 aromatic rings. The van der Waals surface area contributed by atoms with Gasteiger partial charge in [0.05, 0.1) is 0 Å². The summed E-state index contributed by atoms with van der Waals surface area (Å²) in [5, 5.41) is 3.29. The zero-order valence-corrected chi connectivity index (χ0v) is 7.35. The lowest BCUT2D eigenvalue weighted by Crippen LogP contribution is -2.20. The van der Waals surface area contributed by atoms with E-state index in [-0.39, 0.29) is 0 Å². The third-order valence-corrected chi connectivity index (χ3v) is 1.98. The molecule has 1 saturated heterocycles. The zero-order chi connectivity index (χ0) is 7.98. The SMILES string of the molecule is CC.CC1CNCC1CN. The standard InChI is InChI=1S/C6H14N2.C2H6/c1-5-3-8-4-6(5)2-7;1-2/h5-6,8H,2-4,7H2,1H3;1-2H3. The molecule has 0 aromatic carbocycles. The van der Waals surface area contributed by atoms with Gasteiger partial charge in [0.1, 0.15) is 0 Å². The molecule has 62 valence electrons. The third kappa shape index (κ3) is 2.67. The van der Waals surface area contributed by atoms with Crippen LogP contribution in [-0.4, -0.2) is 19.6 Å². The predicted molar refractivity (Wildman–Crippen MR) is 45.9 cm³/mol. The lowest BCUT2D eigenvalue weighted by atomic mass is 9.99. The Morgan fingerprint density at radius 1 is 1.40 bits per heavy atom. The van der Waals surface area contributed by atoms with E-state index < -0.39 is 0 Å². The number of hydrogen-bond donors (Lipinski definition) is 2. The highest BCUT2D eigenvalue weighted by molar-refractivity contribution is 4.77. The van der Waals surface area contributed by atoms with Gasteiger partial charge in [-0.05, 0) is 31.5 Å². The molecule has 3 N–H and O–H groups in total. The van der Waals surface area contributed by atoms with Crippen molar-refractivity contribution in [3.63, 3.8) is 0 Å². The minimum Gasteiger partial charge on any atom is -0.330 e. The van der Waals surface area contributed by atoms with Crippen molar-refractivity contribution in [3.05, 3.63) is 0 Å². The van der Waals surface area contributed by atoms with Gasteiger partial charge >= 0.3 is 0 Å². The van der Waals surface area contributed by atoms with E-state index in [0.717, 1.165) is 31.5 Å². The summed E-state index contributed by atoms with van der Waals surface area (Å²) in [6.07, 6.45) is 0. The molecule has 0 radical (unpaired) electrons. The molecule has 0 saturated carbocycles. The highest BCUT2D eigenvalue weighted by Gasteiger charge is 2.20. The normalized spacial score (nSPS) is 31.2. The maximum Gasteiger partial charge on any atom is -0.000531 e. The largest absolute Gasteiger partial charge is 0.330 e. The maximum absolute atomic E-state index is 5.48. The Morgan fingerprint density at radius 2 is 2.00 bits per heavy atom. The summed E-state index contributed by atoms with van der Waals surface area (Å²) < 4.78 is 0. The smallest absolute Gasteiger partial charge is 0.000531 e. The third-order valence-electron chi connectivity index (χ3n) is 1.98. The van der Waals surface area contributed by atoms with Crippen LogP contribution in [0.3, 0.4) is 0 Å². The fraction of sp³-hybridized carbons (Fsp3) is 1.00. The van der Waals surface area contributed by atoms with Gasteiger partial charge in [-0.1, -0.05) is 20.8 Å². The maximum atomic E-state index is 5.48. The van der Waals surface area contributed by atoms with Crippen LogP contribution in [0.5, 0.6) is 0 Å². The zero-order valence-electron chi connectivity index (χ0n) is 7.35. The number of rotatable bonds is 1. The summed E-state index contributed by atoms with van der Waals surface area (Å²) in [6, 6.07) is 0. The molecule has 0 bridgehead atoms. The molecule has 1 rings (SSSR count). The van der Waals surface area contributed by atoms with Crippen molar-refractivity contribution in [2.24, 2.45) is 17.6 Å². The van der Waals surface area contributed by atoms with Crippen LogP contribution >= 0.6 is 0 Å². The van der Waals surface area contributed by atoms with Crippen LogP contribution < -0.4 is 11.1 Å². The van der Waals surface area contributed by atoms with Gasteiger partial charge in [-0.2, -0.15) is 0 Å². The summed E-state index contributed by atoms with van der Waals surface area (Å²) in [4.78, 5) is 0. The van der Waals surface area contributed by atoms with Gasteiger partial charge in [0, 0.05) is 0 Å². The van der Waals surface area contributed by atoms with Gasteiger partial charge in [-0.15, -0.1) is 0 Å². The number of nitrogens with one attached hydrogen (secondary N) is 1. The molecule has 1 fully saturated rings. The van der Waals surface area contributed by atoms with Crippen LogP contribution in [0.2, 0.25) is 0 Å². The topological polar surface area (TPSA) is 38.0 Å². The average molecular weight is 144 g/mol. The van der Waals surface area contributed by atoms with Crippen LogP contribution in [0.1, 0.15) is 20.8 Å². The first-order valence-electron chi connectivity index (χ1n) is 4.25. The second kappa shape index (κ2) is 5.69. The molecular weight excluding hydrogens is 124 g/mol. The first-order chi connectivity index (χ1) is 4.84. The fourth-order valence-electron chi connectivity index (χ4n) is 1.18. The highest BCUT2D eigenvalue weighted by Crippen LogP contribution is 2.12. The van der Waals surface area contributed by atoms with Crippen molar-refractivity contribution in [2.45, 2.75) is 20.8 Å². The van der Waals surface area contributed by atoms with Crippen LogP contribution in [0.25, 0.3) is 0 Å². The summed E-state index contributed by atoms with van der Waals surface area (Å²) >= 11 is 0. The highest BCUT2D eigenvalue weighted by atomic mass is 14.9. The quantitative estimate of drug-likeness (QED) is 0.572. The molecule has 2 atom stereocenters. The van der Waals surface area contributed by atoms with Crippen LogP contribution in [0.15, 0.2) is 0 Å². The molecule has 0 spiro atoms. The minimum absolute atomic E-state index is 0.731. The number of nitrogens with two attached hydrogens (primary N) is 1. The van der Waals surface area contributed by atoms with Crippen molar-refractivity contribution in [1.29, 1.82) is 0 Å². The number of hydrogen-bond acceptors (Lipinski definition) is 2. The Hall–Kier alpha value is -0.0800. The molecule has 0 aromatic heterocycles. The fourth-order valence-corrected chi connectivity index (χ4v) is 1.18. The van der Waals surface area contributed by atoms with Gasteiger partial charge in [-0.3, -0.25) is 0 Å². The first kappa shape index (κ1) is 9.92. The molecule has 10 heavy (non-hydrogen) atoms. The predicted octanol–water partition coefficient (Wildman–Crippen LogP) is 0.827. The molecule has 1 aliphatic heterocycles. The second-order valence-electron chi connectivity index (χ2n) is 2.63. The Balaban J connectivity index is 0.000000371. The monoisotopic (exact) mass is 144 g/mol. The Bertz CT molecular complexity index is 73.7. The van der Waals surface area contributed by atoms with E-state index in [4.69, 9.17) is 5.73 Å². The Kier molecular flexibility index (Phi) is 5.64. The van der Waals surface area contributed by atoms with Gasteiger partial charge in [-0.25, -0.2) is 0 Å². The molecule has 0 aliphatic carbocycles. The van der Waals surface area contributed by atoms with E-state index in [2.05, 4.69) is 12.2 Å². The molecule has 0 amide bonds. The van der Waals surface area contributed by atoms with E-state index in [1.54, 1.807) is 0 Å². The molecule has 1 aliphatic rings. The van der Waals surface area contributed by atoms with Gasteiger partial charge in [0.25, 0.3) is 0 Å². The lowest BCUT2D eigenvalue weighted by molar-refractivity contribution is 0.463. The first-order valence-corrected chi connectivity index (χ1v) is 4.25. The van der Waals surface area contributed by atoms with Gasteiger partial charge in [0.15, 0.2) is 0 Å². The van der Waals surface area contributed by atoms with Gasteiger partial charge < -0.3 is 11.1 Å². The van der Waals surface area contributed by atoms with E-state index in [0.29, 0.717) is 0 Å². The average Bonchev–Trinajstić information content (AvgIpc) is 2.39. The Morgan fingerprint density at radius 3 is 2.20 bits per heavy atom. The Labute approximate surface area is 64.2 Å². The van der Waals surface area contributed by atoms with Crippen molar-refractivity contribution >= 4 is 0 Å². The molecule has 2 nitrogen and oxygen atoms in total. The van der Waals surface area contributed by atoms with E-state index in [9.17, 15) is 0 Å². The molecule has 1 heterocycles. The van der Waals surface area contributed by atoms with E-state index in [1.165, 1.54) is 0 Å². The summed E-state index contributed by atoms with van der Waals surface area (Å²) in [6.45, 7) is 9.37. The summed E-state index contributed by atoms with van der Waals surface area (Å²) in [7, 11) is 0. The molecule has 2 unspecified atom stereocenters. The van der Waals surface area contributed by atoms with Crippen molar-refractivity contribution in [2.75, 3.05) is 19.6 Å². The minimum atomic E-state index is 0.731. The molecule has 2 heteroatoms. The van der Waals surface area contributed by atoms with Crippen molar-refractivity contribution in [1.82, 2.24) is 5.32 Å². The van der Waals surface area contributed by atoms with Crippen LogP contribution in [0, 0.1) is 11.8 Å². The second-order valence-corrected chi connectivity index (χ2v) is 2.63. The van der Waals surface area contributed by atoms with E-state index >= 15 is 0 Å². The summed E-state index contributed by atoms with van der Waals surface area (Å²) in [5.74, 6) is 1.52. The molecular formula is C8H20N2. The van der Waals surface area contributed by atoms with Crippen LogP contribution in [0.4, 0.5) is 0 Å². The summed E-state index contributed by atoms with van der Waals surface area (Å²) in [5.41, 5.74) is 5.48. The van der Waals surface area contributed by atoms with E-state index in [1.807, 2.05) is 13.8 Å². The lowest BCUT2D eigenvalue weighted by Gasteiger charge is -2.08. The van der Waals surface area contributed by atoms with Gasteiger partial charge in [0.2, 0.25) is 0 Å². The van der Waals surface area contributed by atoms with Crippen molar-refractivity contribution in [3.8, 4) is 0 Å².